The predicted octanol–water partition coefficient (Wildman–Crippen LogP) is 1.06. The average Bonchev–Trinajstić information content (AvgIpc) is 2.62. The normalized spacial score (nSPS) is 12.2. The summed E-state index contributed by atoms with van der Waals surface area (Å²) < 4.78 is 0. The smallest absolute Gasteiger partial charge is 0.652 e. The van der Waals surface area contributed by atoms with Crippen molar-refractivity contribution < 1.29 is 63.0 Å². The molecule has 0 bridgehead atoms. The van der Waals surface area contributed by atoms with Crippen molar-refractivity contribution in [2.24, 2.45) is 4.99 Å². The van der Waals surface area contributed by atoms with Crippen molar-refractivity contribution in [3.63, 3.8) is 0 Å². The van der Waals surface area contributed by atoms with E-state index in [0.717, 1.165) is 28.8 Å². The van der Waals surface area contributed by atoms with Gasteiger partial charge in [-0.25, -0.2) is 4.99 Å². The number of nitrogens with zero attached hydrogens (tertiary/aromatic N) is 2. The second-order valence-electron chi connectivity index (χ2n) is 4.61. The number of aliphatic imine (C=N–C) groups is 1. The number of halogens is 1. The molecule has 5 heteroatoms. The first-order valence-electron chi connectivity index (χ1n) is 6.28. The summed E-state index contributed by atoms with van der Waals surface area (Å²) in [6.45, 7) is 0. The van der Waals surface area contributed by atoms with E-state index in [1.54, 1.807) is 12.1 Å². The van der Waals surface area contributed by atoms with Gasteiger partial charge in [0.1, 0.15) is 5.17 Å². The van der Waals surface area contributed by atoms with Gasteiger partial charge in [-0.1, -0.05) is 48.0 Å². The number of rotatable bonds is 1. The summed E-state index contributed by atoms with van der Waals surface area (Å²) in [6.07, 6.45) is 0.753. The summed E-state index contributed by atoms with van der Waals surface area (Å²) in [5.41, 5.74) is 4.41. The molecule has 21 heavy (non-hydrogen) atoms. The Balaban J connectivity index is 0.00000161. The molecule has 1 heterocycles. The van der Waals surface area contributed by atoms with Crippen molar-refractivity contribution in [3.8, 4) is 0 Å². The molecule has 0 aliphatic carbocycles. The van der Waals surface area contributed by atoms with Crippen LogP contribution >= 0.6 is 11.6 Å². The van der Waals surface area contributed by atoms with Crippen LogP contribution in [0, 0.1) is 0 Å². The molecule has 1 aliphatic heterocycles. The maximum Gasteiger partial charge on any atom is 1.00 e. The van der Waals surface area contributed by atoms with Crippen LogP contribution in [0.3, 0.4) is 0 Å². The molecule has 3 rings (SSSR count). The molecule has 0 atom stereocenters. The largest absolute Gasteiger partial charge is 1.00 e. The third-order valence-corrected chi connectivity index (χ3v) is 3.66. The van der Waals surface area contributed by atoms with Gasteiger partial charge in [-0.2, -0.15) is 0 Å². The van der Waals surface area contributed by atoms with Gasteiger partial charge in [-0.3, -0.25) is 0 Å². The third-order valence-electron chi connectivity index (χ3n) is 3.37. The van der Waals surface area contributed by atoms with E-state index in [9.17, 15) is 4.79 Å². The van der Waals surface area contributed by atoms with E-state index >= 15 is 0 Å². The summed E-state index contributed by atoms with van der Waals surface area (Å²) >= 11 is 6.29. The maximum atomic E-state index is 11.6. The minimum atomic E-state index is -0.249. The van der Waals surface area contributed by atoms with Crippen LogP contribution in [0.15, 0.2) is 47.5 Å². The van der Waals surface area contributed by atoms with E-state index in [2.05, 4.69) is 10.3 Å². The molecule has 0 saturated carbocycles. The third kappa shape index (κ3) is 3.54. The number of hydrogen-bond acceptors (Lipinski definition) is 2. The molecule has 1 aliphatic rings. The van der Waals surface area contributed by atoms with Crippen LogP contribution in [-0.2, 0) is 6.42 Å². The average molecular weight is 369 g/mol. The summed E-state index contributed by atoms with van der Waals surface area (Å²) in [5, 5.41) is 4.13. The quantitative estimate of drug-likeness (QED) is 0.741. The molecule has 0 saturated heterocycles. The fourth-order valence-corrected chi connectivity index (χ4v) is 2.60. The Bertz CT molecular complexity index is 728. The first-order chi connectivity index (χ1) is 9.69. The number of benzene rings is 2. The Kier molecular flexibility index (Phi) is 5.92. The first-order valence-corrected chi connectivity index (χ1v) is 6.66. The number of amides is 1. The number of fused-ring (bicyclic) bond motifs is 2. The van der Waals surface area contributed by atoms with Crippen molar-refractivity contribution in [1.29, 1.82) is 0 Å². The standard InChI is InChI=1S/C16H13ClN2O.Rb/c1-18-16(20)12-7-6-11-8-10-4-2-3-5-13(10)15(17)19-14(11)9-12;/h2-7,9H,8H2,1H3,(H,18,20);/q;+1/p-1. The van der Waals surface area contributed by atoms with Crippen LogP contribution in [0.2, 0.25) is 0 Å². The Hall–Kier alpha value is -0.325. The summed E-state index contributed by atoms with van der Waals surface area (Å²) in [6, 6.07) is 13.4. The fourth-order valence-electron chi connectivity index (χ4n) is 2.33. The van der Waals surface area contributed by atoms with E-state index in [4.69, 9.17) is 11.6 Å². The Morgan fingerprint density at radius 2 is 1.95 bits per heavy atom. The van der Waals surface area contributed by atoms with Crippen molar-refractivity contribution in [3.05, 3.63) is 70.0 Å². The molecule has 0 unspecified atom stereocenters. The second kappa shape index (κ2) is 7.29. The van der Waals surface area contributed by atoms with Gasteiger partial charge in [0.15, 0.2) is 0 Å². The molecule has 2 aromatic carbocycles. The molecule has 2 aromatic rings. The molecule has 0 spiro atoms. The minimum Gasteiger partial charge on any atom is -0.652 e. The van der Waals surface area contributed by atoms with Crippen LogP contribution in [0.25, 0.3) is 5.32 Å². The van der Waals surface area contributed by atoms with Gasteiger partial charge in [-0.05, 0) is 17.2 Å². The maximum absolute atomic E-state index is 11.6. The molecule has 0 fully saturated rings. The van der Waals surface area contributed by atoms with E-state index in [-0.39, 0.29) is 64.1 Å². The van der Waals surface area contributed by atoms with E-state index in [1.165, 1.54) is 7.05 Å². The zero-order chi connectivity index (χ0) is 14.1. The van der Waals surface area contributed by atoms with Crippen molar-refractivity contribution in [1.82, 2.24) is 0 Å². The van der Waals surface area contributed by atoms with Crippen LogP contribution in [0.5, 0.6) is 0 Å². The topological polar surface area (TPSA) is 43.5 Å². The van der Waals surface area contributed by atoms with Crippen LogP contribution in [0.1, 0.15) is 27.0 Å². The zero-order valence-corrected chi connectivity index (χ0v) is 17.6. The van der Waals surface area contributed by atoms with Gasteiger partial charge in [0.25, 0.3) is 0 Å². The van der Waals surface area contributed by atoms with Gasteiger partial charge in [-0.15, -0.1) is 7.05 Å². The molecule has 100 valence electrons. The zero-order valence-electron chi connectivity index (χ0n) is 11.9. The molecule has 0 radical (unpaired) electrons. The van der Waals surface area contributed by atoms with Gasteiger partial charge in [0.2, 0.25) is 0 Å². The van der Waals surface area contributed by atoms with Crippen LogP contribution in [0.4, 0.5) is 5.69 Å². The Morgan fingerprint density at radius 1 is 1.19 bits per heavy atom. The fraction of sp³-hybridized carbons (Fsp3) is 0.125. The van der Waals surface area contributed by atoms with Crippen LogP contribution < -0.4 is 58.2 Å². The predicted molar refractivity (Wildman–Crippen MR) is 81.4 cm³/mol. The van der Waals surface area contributed by atoms with Gasteiger partial charge >= 0.3 is 58.2 Å². The number of carbonyl (C=O) groups excluding carboxylic acids is 1. The minimum absolute atomic E-state index is 0. The summed E-state index contributed by atoms with van der Waals surface area (Å²) in [4.78, 5) is 16.1. The summed E-state index contributed by atoms with van der Waals surface area (Å²) in [7, 11) is 1.49. The van der Waals surface area contributed by atoms with E-state index in [0.29, 0.717) is 10.7 Å². The molecule has 1 amide bonds. The number of carbonyl (C=O) groups is 1. The van der Waals surface area contributed by atoms with E-state index in [1.807, 2.05) is 30.3 Å². The first kappa shape index (κ1) is 17.0. The van der Waals surface area contributed by atoms with Gasteiger partial charge in [0, 0.05) is 17.5 Å². The van der Waals surface area contributed by atoms with Gasteiger partial charge < -0.3 is 10.1 Å². The summed E-state index contributed by atoms with van der Waals surface area (Å²) in [5.74, 6) is -0.249. The van der Waals surface area contributed by atoms with Crippen LogP contribution in [-0.4, -0.2) is 18.1 Å². The van der Waals surface area contributed by atoms with Gasteiger partial charge in [0.05, 0.1) is 11.6 Å². The Morgan fingerprint density at radius 3 is 2.71 bits per heavy atom. The molecule has 0 aromatic heterocycles. The molecular weight excluding hydrogens is 357 g/mol. The van der Waals surface area contributed by atoms with Crippen molar-refractivity contribution in [2.45, 2.75) is 6.42 Å². The Labute approximate surface area is 177 Å². The molecule has 0 N–H and O–H groups in total. The van der Waals surface area contributed by atoms with Crippen molar-refractivity contribution in [2.75, 3.05) is 7.05 Å². The molecule has 3 nitrogen and oxygen atoms in total. The SMILES string of the molecule is C[N-]C(=O)c1ccc2c(c1)N=C(Cl)c1ccccc1C2.[Rb+]. The van der Waals surface area contributed by atoms with E-state index < -0.39 is 0 Å². The van der Waals surface area contributed by atoms with Crippen molar-refractivity contribution >= 4 is 28.4 Å². The second-order valence-corrected chi connectivity index (χ2v) is 4.97. The molecular formula is C16H12ClN2ORb. The number of hydrogen-bond donors (Lipinski definition) is 0. The monoisotopic (exact) mass is 368 g/mol.